The molecule has 5 heteroatoms. The summed E-state index contributed by atoms with van der Waals surface area (Å²) in [6.45, 7) is 2.61. The van der Waals surface area contributed by atoms with E-state index in [2.05, 4.69) is 10.4 Å². The lowest BCUT2D eigenvalue weighted by atomic mass is 10.3. The lowest BCUT2D eigenvalue weighted by Gasteiger charge is -2.07. The van der Waals surface area contributed by atoms with E-state index in [0.717, 1.165) is 0 Å². The highest BCUT2D eigenvalue weighted by atomic mass is 16.2. The number of aryl methyl sites for hydroxylation is 1. The smallest absolute Gasteiger partial charge is 0.315 e. The van der Waals surface area contributed by atoms with Gasteiger partial charge in [-0.05, 0) is 14.0 Å². The summed E-state index contributed by atoms with van der Waals surface area (Å²) < 4.78 is 2.91. The van der Waals surface area contributed by atoms with Crippen LogP contribution >= 0.6 is 0 Å². The van der Waals surface area contributed by atoms with Crippen LogP contribution in [-0.4, -0.2) is 27.4 Å². The van der Waals surface area contributed by atoms with Crippen molar-refractivity contribution in [2.24, 2.45) is 7.05 Å². The van der Waals surface area contributed by atoms with Gasteiger partial charge in [-0.1, -0.05) is 0 Å². The molecule has 0 bridgehead atoms. The van der Waals surface area contributed by atoms with Crippen LogP contribution in [0.25, 0.3) is 0 Å². The maximum Gasteiger partial charge on any atom is 0.345 e. The number of nitrogens with one attached hydrogen (secondary N) is 1. The molecular weight excluding hydrogens is 156 g/mol. The zero-order valence-electron chi connectivity index (χ0n) is 7.61. The fourth-order valence-electron chi connectivity index (χ4n) is 0.897. The molecule has 1 aromatic heterocycles. The number of likely N-dealkylation sites (N-methyl/N-ethyl adjacent to an activating group) is 1. The van der Waals surface area contributed by atoms with Crippen molar-refractivity contribution in [1.29, 1.82) is 0 Å². The normalized spacial score (nSPS) is 13.2. The summed E-state index contributed by atoms with van der Waals surface area (Å²) >= 11 is 0. The molecule has 0 aliphatic rings. The minimum absolute atomic E-state index is 0.0721. The predicted octanol–water partition coefficient (Wildman–Crippen LogP) is -0.810. The summed E-state index contributed by atoms with van der Waals surface area (Å²) in [5.74, 6) is 0. The number of hydrogen-bond donors (Lipinski definition) is 1. The summed E-state index contributed by atoms with van der Waals surface area (Å²) in [6, 6.07) is 0.262. The number of aromatic nitrogens is 3. The number of hydrogen-bond acceptors (Lipinski definition) is 3. The SMILES string of the molecule is CNC(C)Cn1ncn(C)c1=O. The monoisotopic (exact) mass is 170 g/mol. The van der Waals surface area contributed by atoms with E-state index < -0.39 is 0 Å². The topological polar surface area (TPSA) is 51.9 Å². The Balaban J connectivity index is 2.76. The minimum atomic E-state index is -0.0721. The van der Waals surface area contributed by atoms with Gasteiger partial charge in [0.15, 0.2) is 0 Å². The molecule has 1 atom stereocenters. The fourth-order valence-corrected chi connectivity index (χ4v) is 0.897. The van der Waals surface area contributed by atoms with Crippen molar-refractivity contribution in [3.63, 3.8) is 0 Å². The second-order valence-electron chi connectivity index (χ2n) is 2.90. The number of rotatable bonds is 3. The van der Waals surface area contributed by atoms with Crippen LogP contribution in [0.2, 0.25) is 0 Å². The molecule has 1 rings (SSSR count). The molecule has 0 aromatic carbocycles. The Bertz CT molecular complexity index is 301. The molecule has 0 radical (unpaired) electrons. The zero-order valence-corrected chi connectivity index (χ0v) is 7.61. The van der Waals surface area contributed by atoms with Gasteiger partial charge in [-0.2, -0.15) is 5.10 Å². The van der Waals surface area contributed by atoms with Crippen molar-refractivity contribution in [3.8, 4) is 0 Å². The fraction of sp³-hybridized carbons (Fsp3) is 0.714. The van der Waals surface area contributed by atoms with Gasteiger partial charge >= 0.3 is 5.69 Å². The van der Waals surface area contributed by atoms with Crippen LogP contribution < -0.4 is 11.0 Å². The third-order valence-corrected chi connectivity index (χ3v) is 1.83. The van der Waals surface area contributed by atoms with E-state index in [1.165, 1.54) is 15.6 Å². The molecule has 0 aliphatic carbocycles. The van der Waals surface area contributed by atoms with Crippen LogP contribution in [0.15, 0.2) is 11.1 Å². The molecule has 1 N–H and O–H groups in total. The van der Waals surface area contributed by atoms with E-state index in [4.69, 9.17) is 0 Å². The standard InChI is InChI=1S/C7H14N4O/c1-6(8-2)4-11-7(12)10(3)5-9-11/h5-6,8H,4H2,1-3H3. The molecular formula is C7H14N4O. The Morgan fingerprint density at radius 1 is 1.75 bits per heavy atom. The summed E-state index contributed by atoms with van der Waals surface area (Å²) in [7, 11) is 3.55. The zero-order chi connectivity index (χ0) is 9.14. The van der Waals surface area contributed by atoms with Crippen molar-refractivity contribution in [1.82, 2.24) is 19.7 Å². The van der Waals surface area contributed by atoms with Crippen LogP contribution in [0.4, 0.5) is 0 Å². The van der Waals surface area contributed by atoms with Crippen molar-refractivity contribution in [3.05, 3.63) is 16.8 Å². The lowest BCUT2D eigenvalue weighted by Crippen LogP contribution is -2.33. The first-order valence-corrected chi connectivity index (χ1v) is 3.91. The maximum absolute atomic E-state index is 11.3. The van der Waals surface area contributed by atoms with E-state index in [9.17, 15) is 4.79 Å². The average Bonchev–Trinajstić information content (AvgIpc) is 2.36. The minimum Gasteiger partial charge on any atom is -0.315 e. The average molecular weight is 170 g/mol. The highest BCUT2D eigenvalue weighted by Gasteiger charge is 2.04. The van der Waals surface area contributed by atoms with Gasteiger partial charge in [0.2, 0.25) is 0 Å². The summed E-state index contributed by atoms with van der Waals surface area (Å²) in [5.41, 5.74) is -0.0721. The molecule has 1 heterocycles. The molecule has 68 valence electrons. The Morgan fingerprint density at radius 3 is 2.83 bits per heavy atom. The second-order valence-corrected chi connectivity index (χ2v) is 2.90. The molecule has 0 amide bonds. The molecule has 0 spiro atoms. The van der Waals surface area contributed by atoms with E-state index in [-0.39, 0.29) is 11.7 Å². The first-order chi connectivity index (χ1) is 5.65. The quantitative estimate of drug-likeness (QED) is 0.645. The Morgan fingerprint density at radius 2 is 2.42 bits per heavy atom. The van der Waals surface area contributed by atoms with Crippen LogP contribution in [0.3, 0.4) is 0 Å². The molecule has 5 nitrogen and oxygen atoms in total. The molecule has 0 saturated carbocycles. The molecule has 1 unspecified atom stereocenters. The van der Waals surface area contributed by atoms with Crippen molar-refractivity contribution >= 4 is 0 Å². The van der Waals surface area contributed by atoms with E-state index in [1.54, 1.807) is 7.05 Å². The van der Waals surface area contributed by atoms with Crippen LogP contribution in [0, 0.1) is 0 Å². The third kappa shape index (κ3) is 1.73. The van der Waals surface area contributed by atoms with Gasteiger partial charge in [-0.15, -0.1) is 0 Å². The predicted molar refractivity (Wildman–Crippen MR) is 46.0 cm³/mol. The van der Waals surface area contributed by atoms with E-state index in [0.29, 0.717) is 6.54 Å². The van der Waals surface area contributed by atoms with Crippen molar-refractivity contribution in [2.75, 3.05) is 7.05 Å². The third-order valence-electron chi connectivity index (χ3n) is 1.83. The van der Waals surface area contributed by atoms with Gasteiger partial charge in [0, 0.05) is 13.1 Å². The summed E-state index contributed by atoms with van der Waals surface area (Å²) in [6.07, 6.45) is 1.52. The van der Waals surface area contributed by atoms with E-state index >= 15 is 0 Å². The van der Waals surface area contributed by atoms with Gasteiger partial charge in [0.1, 0.15) is 6.33 Å². The molecule has 1 aromatic rings. The van der Waals surface area contributed by atoms with E-state index in [1.807, 2.05) is 14.0 Å². The first-order valence-electron chi connectivity index (χ1n) is 3.91. The molecule has 12 heavy (non-hydrogen) atoms. The molecule has 0 fully saturated rings. The first kappa shape index (κ1) is 8.99. The Hall–Kier alpha value is -1.10. The van der Waals surface area contributed by atoms with Crippen molar-refractivity contribution in [2.45, 2.75) is 19.5 Å². The summed E-state index contributed by atoms with van der Waals surface area (Å²) in [5, 5.41) is 6.97. The van der Waals surface area contributed by atoms with Gasteiger partial charge in [0.25, 0.3) is 0 Å². The highest BCUT2D eigenvalue weighted by molar-refractivity contribution is 4.67. The van der Waals surface area contributed by atoms with Gasteiger partial charge in [-0.3, -0.25) is 4.57 Å². The van der Waals surface area contributed by atoms with Crippen LogP contribution in [0.1, 0.15) is 6.92 Å². The maximum atomic E-state index is 11.3. The van der Waals surface area contributed by atoms with Crippen LogP contribution in [-0.2, 0) is 13.6 Å². The summed E-state index contributed by atoms with van der Waals surface area (Å²) in [4.78, 5) is 11.3. The Labute approximate surface area is 71.0 Å². The second kappa shape index (κ2) is 3.53. The van der Waals surface area contributed by atoms with Gasteiger partial charge in [-0.25, -0.2) is 9.48 Å². The van der Waals surface area contributed by atoms with Gasteiger partial charge < -0.3 is 5.32 Å². The number of nitrogens with zero attached hydrogens (tertiary/aromatic N) is 3. The lowest BCUT2D eigenvalue weighted by molar-refractivity contribution is 0.468. The molecule has 0 aliphatic heterocycles. The van der Waals surface area contributed by atoms with Gasteiger partial charge in [0.05, 0.1) is 6.54 Å². The largest absolute Gasteiger partial charge is 0.345 e. The van der Waals surface area contributed by atoms with Crippen molar-refractivity contribution < 1.29 is 0 Å². The molecule has 0 saturated heterocycles. The van der Waals surface area contributed by atoms with Crippen LogP contribution in [0.5, 0.6) is 0 Å². The Kier molecular flexibility index (Phi) is 2.65. The highest BCUT2D eigenvalue weighted by Crippen LogP contribution is 1.83.